The van der Waals surface area contributed by atoms with E-state index in [1.807, 2.05) is 19.9 Å². The van der Waals surface area contributed by atoms with Crippen LogP contribution in [-0.2, 0) is 0 Å². The number of hydrogen-bond donors (Lipinski definition) is 0. The van der Waals surface area contributed by atoms with E-state index in [1.165, 1.54) is 0 Å². The molecule has 3 heteroatoms. The lowest BCUT2D eigenvalue weighted by Gasteiger charge is -2.41. The van der Waals surface area contributed by atoms with Crippen molar-refractivity contribution >= 4 is 17.0 Å². The van der Waals surface area contributed by atoms with Gasteiger partial charge in [0.15, 0.2) is 0 Å². The number of fused-ring (bicyclic) bond motifs is 3. The number of hydrogen-bond acceptors (Lipinski definition) is 3. The van der Waals surface area contributed by atoms with E-state index in [1.54, 1.807) is 18.3 Å². The number of nitrogens with zero attached hydrogens (tertiary/aromatic N) is 1. The number of aromatic nitrogens is 1. The summed E-state index contributed by atoms with van der Waals surface area (Å²) in [5, 5.41) is 0.573. The van der Waals surface area contributed by atoms with E-state index in [-0.39, 0.29) is 17.0 Å². The maximum atomic E-state index is 12.3. The van der Waals surface area contributed by atoms with Crippen LogP contribution in [-0.4, -0.2) is 4.98 Å². The molecule has 2 aromatic heterocycles. The molecule has 0 fully saturated rings. The first-order valence-electron chi connectivity index (χ1n) is 9.75. The third kappa shape index (κ3) is 3.40. The minimum atomic E-state index is -0.307. The van der Waals surface area contributed by atoms with E-state index >= 15 is 0 Å². The first kappa shape index (κ1) is 20.2. The van der Waals surface area contributed by atoms with E-state index in [2.05, 4.69) is 50.9 Å². The van der Waals surface area contributed by atoms with Crippen LogP contribution in [0.4, 0.5) is 0 Å². The second kappa shape index (κ2) is 8.48. The average Bonchev–Trinajstić information content (AvgIpc) is 2.68. The van der Waals surface area contributed by atoms with Gasteiger partial charge >= 0.3 is 5.63 Å². The summed E-state index contributed by atoms with van der Waals surface area (Å²) < 4.78 is 5.62. The van der Waals surface area contributed by atoms with Crippen molar-refractivity contribution in [2.75, 3.05) is 0 Å². The molecule has 0 amide bonds. The lowest BCUT2D eigenvalue weighted by molar-refractivity contribution is 0.210. The van der Waals surface area contributed by atoms with Gasteiger partial charge in [-0.3, -0.25) is 4.98 Å². The predicted octanol–water partition coefficient (Wildman–Crippen LogP) is 6.34. The Kier molecular flexibility index (Phi) is 6.57. The monoisotopic (exact) mass is 353 g/mol. The minimum absolute atomic E-state index is 0.0205. The molecule has 140 valence electrons. The second-order valence-electron chi connectivity index (χ2n) is 6.93. The summed E-state index contributed by atoms with van der Waals surface area (Å²) in [7, 11) is 0. The number of rotatable bonds is 4. The molecule has 2 heterocycles. The van der Waals surface area contributed by atoms with Gasteiger partial charge in [0.05, 0.1) is 10.9 Å². The summed E-state index contributed by atoms with van der Waals surface area (Å²) in [6, 6.07) is 3.60. The van der Waals surface area contributed by atoms with Crippen LogP contribution in [0, 0.1) is 11.3 Å². The van der Waals surface area contributed by atoms with Crippen molar-refractivity contribution in [3.63, 3.8) is 0 Å². The van der Waals surface area contributed by atoms with E-state index in [0.717, 1.165) is 23.9 Å². The maximum Gasteiger partial charge on any atom is 0.345 e. The highest BCUT2D eigenvalue weighted by molar-refractivity contribution is 5.83. The number of allylic oxidation sites excluding steroid dienone is 3. The molecular formula is C23H31NO2. The highest BCUT2D eigenvalue weighted by Gasteiger charge is 2.40. The van der Waals surface area contributed by atoms with Crippen molar-refractivity contribution in [1.82, 2.24) is 4.98 Å². The summed E-state index contributed by atoms with van der Waals surface area (Å²) in [6.07, 6.45) is 12.3. The van der Waals surface area contributed by atoms with Gasteiger partial charge in [0.1, 0.15) is 5.76 Å². The fraction of sp³-hybridized carbons (Fsp3) is 0.478. The smallest absolute Gasteiger partial charge is 0.345 e. The SMILES string of the molecule is CC.CC=CC(C)(C(C)CC)C1CC=Cc2oc(=O)c3cccnc3c21. The third-order valence-corrected chi connectivity index (χ3v) is 5.69. The van der Waals surface area contributed by atoms with Crippen LogP contribution in [0.2, 0.25) is 0 Å². The van der Waals surface area contributed by atoms with Crippen molar-refractivity contribution in [1.29, 1.82) is 0 Å². The Labute approximate surface area is 156 Å². The van der Waals surface area contributed by atoms with Crippen molar-refractivity contribution < 1.29 is 4.42 Å². The highest BCUT2D eigenvalue weighted by Crippen LogP contribution is 2.50. The standard InChI is InChI=1S/C21H25NO2.C2H6/c1-5-12-21(4,14(3)6-2)16-10-7-11-17-18(16)19-15(20(23)24-17)9-8-13-22-19;1-2/h5,7-9,11-14,16H,6,10H2,1-4H3;1-2H3. The van der Waals surface area contributed by atoms with Gasteiger partial charge in [-0.25, -0.2) is 4.79 Å². The van der Waals surface area contributed by atoms with E-state index in [9.17, 15) is 4.79 Å². The van der Waals surface area contributed by atoms with Gasteiger partial charge in [-0.15, -0.1) is 0 Å². The summed E-state index contributed by atoms with van der Waals surface area (Å²) in [4.78, 5) is 16.8. The van der Waals surface area contributed by atoms with Crippen LogP contribution in [0.15, 0.2) is 45.8 Å². The largest absolute Gasteiger partial charge is 0.423 e. The zero-order chi connectivity index (χ0) is 19.3. The normalized spacial score (nSPS) is 19.5. The Bertz CT molecular complexity index is 862. The van der Waals surface area contributed by atoms with Gasteiger partial charge in [0.2, 0.25) is 0 Å². The zero-order valence-corrected chi connectivity index (χ0v) is 16.9. The van der Waals surface area contributed by atoms with Crippen molar-refractivity contribution in [3.05, 3.63) is 58.3 Å². The van der Waals surface area contributed by atoms with Crippen LogP contribution in [0.3, 0.4) is 0 Å². The minimum Gasteiger partial charge on any atom is -0.423 e. The molecule has 0 saturated heterocycles. The quantitative estimate of drug-likeness (QED) is 0.602. The molecule has 2 aromatic rings. The fourth-order valence-corrected chi connectivity index (χ4v) is 3.99. The molecule has 0 N–H and O–H groups in total. The van der Waals surface area contributed by atoms with Crippen molar-refractivity contribution in [2.45, 2.75) is 60.3 Å². The van der Waals surface area contributed by atoms with Gasteiger partial charge in [-0.1, -0.05) is 59.3 Å². The first-order valence-corrected chi connectivity index (χ1v) is 9.75. The lowest BCUT2D eigenvalue weighted by Crippen LogP contribution is -2.32. The first-order chi connectivity index (χ1) is 12.5. The van der Waals surface area contributed by atoms with Crippen LogP contribution in [0.1, 0.15) is 71.6 Å². The van der Waals surface area contributed by atoms with Gasteiger partial charge in [0.25, 0.3) is 0 Å². The molecule has 3 unspecified atom stereocenters. The third-order valence-electron chi connectivity index (χ3n) is 5.69. The van der Waals surface area contributed by atoms with Gasteiger partial charge in [-0.05, 0) is 42.9 Å². The molecule has 0 bridgehead atoms. The average molecular weight is 354 g/mol. The van der Waals surface area contributed by atoms with Gasteiger partial charge < -0.3 is 4.42 Å². The molecule has 3 nitrogen and oxygen atoms in total. The maximum absolute atomic E-state index is 12.3. The summed E-state index contributed by atoms with van der Waals surface area (Å²) in [6.45, 7) is 12.9. The summed E-state index contributed by atoms with van der Waals surface area (Å²) in [5.74, 6) is 1.41. The Morgan fingerprint density at radius 3 is 2.81 bits per heavy atom. The molecule has 1 aliphatic carbocycles. The Hall–Kier alpha value is -2.16. The molecule has 0 aliphatic heterocycles. The molecule has 0 aromatic carbocycles. The molecule has 3 rings (SSSR count). The lowest BCUT2D eigenvalue weighted by atomic mass is 9.62. The van der Waals surface area contributed by atoms with E-state index in [0.29, 0.717) is 17.1 Å². The molecule has 0 spiro atoms. The van der Waals surface area contributed by atoms with Crippen LogP contribution in [0.5, 0.6) is 0 Å². The second-order valence-corrected chi connectivity index (χ2v) is 6.93. The molecule has 0 saturated carbocycles. The van der Waals surface area contributed by atoms with Gasteiger partial charge in [-0.2, -0.15) is 0 Å². The topological polar surface area (TPSA) is 43.1 Å². The van der Waals surface area contributed by atoms with E-state index < -0.39 is 0 Å². The summed E-state index contributed by atoms with van der Waals surface area (Å²) in [5.41, 5.74) is 1.54. The Balaban J connectivity index is 0.00000117. The van der Waals surface area contributed by atoms with Crippen LogP contribution < -0.4 is 5.63 Å². The van der Waals surface area contributed by atoms with Crippen LogP contribution in [0.25, 0.3) is 17.0 Å². The molecule has 0 radical (unpaired) electrons. The zero-order valence-electron chi connectivity index (χ0n) is 16.9. The van der Waals surface area contributed by atoms with Gasteiger partial charge in [0, 0.05) is 17.7 Å². The molecule has 26 heavy (non-hydrogen) atoms. The molecule has 3 atom stereocenters. The number of pyridine rings is 1. The highest BCUT2D eigenvalue weighted by atomic mass is 16.4. The Morgan fingerprint density at radius 1 is 1.42 bits per heavy atom. The Morgan fingerprint density at radius 2 is 2.15 bits per heavy atom. The van der Waals surface area contributed by atoms with Crippen molar-refractivity contribution in [3.8, 4) is 0 Å². The predicted molar refractivity (Wildman–Crippen MR) is 110 cm³/mol. The fourth-order valence-electron chi connectivity index (χ4n) is 3.99. The molecule has 1 aliphatic rings. The van der Waals surface area contributed by atoms with Crippen LogP contribution >= 0.6 is 0 Å². The van der Waals surface area contributed by atoms with Crippen molar-refractivity contribution in [2.24, 2.45) is 11.3 Å². The molecular weight excluding hydrogens is 322 g/mol. The summed E-state index contributed by atoms with van der Waals surface area (Å²) >= 11 is 0. The van der Waals surface area contributed by atoms with E-state index in [4.69, 9.17) is 4.42 Å².